The van der Waals surface area contributed by atoms with E-state index >= 15 is 0 Å². The smallest absolute Gasteiger partial charge is 0.243 e. The maximum atomic E-state index is 12.3. The van der Waals surface area contributed by atoms with E-state index in [-0.39, 0.29) is 11.9 Å². The summed E-state index contributed by atoms with van der Waals surface area (Å²) >= 11 is 1.44. The number of amides is 1. The van der Waals surface area contributed by atoms with Gasteiger partial charge in [-0.15, -0.1) is 11.3 Å². The molecule has 3 rings (SSSR count). The van der Waals surface area contributed by atoms with E-state index in [0.717, 1.165) is 32.5 Å². The van der Waals surface area contributed by atoms with Gasteiger partial charge in [0.15, 0.2) is 5.13 Å². The Bertz CT molecular complexity index is 585. The molecule has 1 aliphatic rings. The van der Waals surface area contributed by atoms with Gasteiger partial charge in [-0.2, -0.15) is 5.10 Å². The molecule has 2 aromatic rings. The summed E-state index contributed by atoms with van der Waals surface area (Å²) in [6.07, 6.45) is 7.27. The number of hydrogen-bond donors (Lipinski definition) is 1. The summed E-state index contributed by atoms with van der Waals surface area (Å²) < 4.78 is 1.87. The lowest BCUT2D eigenvalue weighted by molar-refractivity contribution is -0.121. The Morgan fingerprint density at radius 3 is 3.23 bits per heavy atom. The molecule has 0 aliphatic carbocycles. The molecule has 1 amide bonds. The van der Waals surface area contributed by atoms with E-state index in [1.165, 1.54) is 11.3 Å². The first kappa shape index (κ1) is 15.1. The number of piperidine rings is 1. The van der Waals surface area contributed by atoms with Gasteiger partial charge in [0.25, 0.3) is 0 Å². The van der Waals surface area contributed by atoms with Crippen LogP contribution in [0.4, 0.5) is 5.13 Å². The summed E-state index contributed by atoms with van der Waals surface area (Å²) in [4.78, 5) is 22.6. The summed E-state index contributed by atoms with van der Waals surface area (Å²) in [6, 6.07) is -0.151. The van der Waals surface area contributed by atoms with E-state index in [2.05, 4.69) is 25.3 Å². The highest BCUT2D eigenvalue weighted by molar-refractivity contribution is 7.13. The molecule has 22 heavy (non-hydrogen) atoms. The van der Waals surface area contributed by atoms with Crippen LogP contribution in [0.5, 0.6) is 0 Å². The molecule has 118 valence electrons. The lowest BCUT2D eigenvalue weighted by Gasteiger charge is -2.35. The van der Waals surface area contributed by atoms with Gasteiger partial charge in [0.2, 0.25) is 5.91 Å². The van der Waals surface area contributed by atoms with Crippen LogP contribution in [0, 0.1) is 5.92 Å². The van der Waals surface area contributed by atoms with Crippen LogP contribution in [0.2, 0.25) is 0 Å². The van der Waals surface area contributed by atoms with Crippen LogP contribution in [0.3, 0.4) is 0 Å². The number of likely N-dealkylation sites (tertiary alicyclic amines) is 1. The van der Waals surface area contributed by atoms with Gasteiger partial charge in [0.05, 0.1) is 6.04 Å². The SMILES string of the molecule is C[C@@H](C(=O)Nc1nccs1)N1CCC[C@@H](Cn2cncn2)C1. The highest BCUT2D eigenvalue weighted by atomic mass is 32.1. The fraction of sp³-hybridized carbons (Fsp3) is 0.571. The van der Waals surface area contributed by atoms with Crippen LogP contribution in [0.25, 0.3) is 0 Å². The summed E-state index contributed by atoms with van der Waals surface area (Å²) in [5.74, 6) is 0.516. The fourth-order valence-electron chi connectivity index (χ4n) is 2.85. The number of nitrogens with one attached hydrogen (secondary N) is 1. The zero-order valence-electron chi connectivity index (χ0n) is 12.6. The summed E-state index contributed by atoms with van der Waals surface area (Å²) in [5.41, 5.74) is 0. The van der Waals surface area contributed by atoms with Gasteiger partial charge in [0.1, 0.15) is 12.7 Å². The van der Waals surface area contributed by atoms with Crippen molar-refractivity contribution < 1.29 is 4.79 Å². The molecule has 0 radical (unpaired) electrons. The van der Waals surface area contributed by atoms with Gasteiger partial charge in [-0.1, -0.05) is 0 Å². The van der Waals surface area contributed by atoms with Crippen LogP contribution < -0.4 is 5.32 Å². The topological polar surface area (TPSA) is 75.9 Å². The number of hydrogen-bond acceptors (Lipinski definition) is 6. The summed E-state index contributed by atoms with van der Waals surface area (Å²) in [5, 5.41) is 9.56. The minimum absolute atomic E-state index is 0.0105. The first-order chi connectivity index (χ1) is 10.7. The number of carbonyl (C=O) groups is 1. The van der Waals surface area contributed by atoms with Gasteiger partial charge < -0.3 is 5.32 Å². The molecule has 1 saturated heterocycles. The Kier molecular flexibility index (Phi) is 4.79. The second-order valence-corrected chi connectivity index (χ2v) is 6.52. The maximum Gasteiger partial charge on any atom is 0.243 e. The van der Waals surface area contributed by atoms with Crippen molar-refractivity contribution >= 4 is 22.4 Å². The first-order valence-corrected chi connectivity index (χ1v) is 8.37. The second-order valence-electron chi connectivity index (χ2n) is 5.62. The van der Waals surface area contributed by atoms with Crippen LogP contribution in [0.1, 0.15) is 19.8 Å². The molecular weight excluding hydrogens is 300 g/mol. The molecule has 1 fully saturated rings. The molecule has 0 spiro atoms. The van der Waals surface area contributed by atoms with Gasteiger partial charge in [-0.25, -0.2) is 9.97 Å². The number of rotatable bonds is 5. The minimum atomic E-state index is -0.151. The molecule has 1 aliphatic heterocycles. The second kappa shape index (κ2) is 6.97. The third-order valence-corrected chi connectivity index (χ3v) is 4.74. The number of nitrogens with zero attached hydrogens (tertiary/aromatic N) is 5. The van der Waals surface area contributed by atoms with Gasteiger partial charge >= 0.3 is 0 Å². The number of anilines is 1. The molecule has 0 unspecified atom stereocenters. The molecule has 1 N–H and O–H groups in total. The standard InChI is InChI=1S/C14H20N6OS/c1-11(13(21)18-14-16-4-6-22-14)19-5-2-3-12(7-19)8-20-10-15-9-17-20/h4,6,9-12H,2-3,5,7-8H2,1H3,(H,16,18,21)/t11-,12+/m0/s1. The van der Waals surface area contributed by atoms with Gasteiger partial charge in [-0.05, 0) is 32.2 Å². The molecule has 3 heterocycles. The van der Waals surface area contributed by atoms with Crippen LogP contribution in [-0.2, 0) is 11.3 Å². The van der Waals surface area contributed by atoms with Crippen LogP contribution in [0.15, 0.2) is 24.2 Å². The lowest BCUT2D eigenvalue weighted by Crippen LogP contribution is -2.47. The molecule has 7 nitrogen and oxygen atoms in total. The van der Waals surface area contributed by atoms with Crippen molar-refractivity contribution in [3.05, 3.63) is 24.2 Å². The predicted octanol–water partition coefficient (Wildman–Crippen LogP) is 1.47. The number of carbonyl (C=O) groups excluding carboxylic acids is 1. The van der Waals surface area contributed by atoms with E-state index < -0.39 is 0 Å². The van der Waals surface area contributed by atoms with Crippen molar-refractivity contribution in [3.63, 3.8) is 0 Å². The van der Waals surface area contributed by atoms with Crippen molar-refractivity contribution in [3.8, 4) is 0 Å². The molecule has 0 bridgehead atoms. The Hall–Kier alpha value is -1.80. The van der Waals surface area contributed by atoms with Gasteiger partial charge in [0, 0.05) is 24.7 Å². The molecule has 2 aromatic heterocycles. The Balaban J connectivity index is 1.55. The highest BCUT2D eigenvalue weighted by Crippen LogP contribution is 2.21. The number of aromatic nitrogens is 4. The average Bonchev–Trinajstić information content (AvgIpc) is 3.20. The van der Waals surface area contributed by atoms with E-state index in [4.69, 9.17) is 0 Å². The monoisotopic (exact) mass is 320 g/mol. The van der Waals surface area contributed by atoms with Crippen molar-refractivity contribution in [2.45, 2.75) is 32.4 Å². The molecule has 0 aromatic carbocycles. The Morgan fingerprint density at radius 1 is 1.59 bits per heavy atom. The van der Waals surface area contributed by atoms with Crippen molar-refractivity contribution in [1.29, 1.82) is 0 Å². The lowest BCUT2D eigenvalue weighted by atomic mass is 9.96. The Morgan fingerprint density at radius 2 is 2.50 bits per heavy atom. The zero-order chi connectivity index (χ0) is 15.4. The Labute approximate surface area is 133 Å². The van der Waals surface area contributed by atoms with E-state index in [1.807, 2.05) is 17.0 Å². The number of thiazole rings is 1. The third-order valence-electron chi connectivity index (χ3n) is 4.05. The molecule has 8 heteroatoms. The molecule has 2 atom stereocenters. The summed E-state index contributed by atoms with van der Waals surface area (Å²) in [7, 11) is 0. The molecule has 0 saturated carbocycles. The van der Waals surface area contributed by atoms with Crippen LogP contribution >= 0.6 is 11.3 Å². The van der Waals surface area contributed by atoms with Gasteiger partial charge in [-0.3, -0.25) is 14.4 Å². The summed E-state index contributed by atoms with van der Waals surface area (Å²) in [6.45, 7) is 4.69. The van der Waals surface area contributed by atoms with E-state index in [1.54, 1.807) is 18.9 Å². The van der Waals surface area contributed by atoms with E-state index in [9.17, 15) is 4.79 Å². The van der Waals surface area contributed by atoms with Crippen molar-refractivity contribution in [1.82, 2.24) is 24.6 Å². The van der Waals surface area contributed by atoms with E-state index in [0.29, 0.717) is 11.0 Å². The first-order valence-electron chi connectivity index (χ1n) is 7.49. The van der Waals surface area contributed by atoms with Crippen molar-refractivity contribution in [2.24, 2.45) is 5.92 Å². The predicted molar refractivity (Wildman–Crippen MR) is 84.5 cm³/mol. The van der Waals surface area contributed by atoms with Crippen LogP contribution in [-0.4, -0.2) is 49.7 Å². The average molecular weight is 320 g/mol. The normalized spacial score (nSPS) is 20.7. The maximum absolute atomic E-state index is 12.3. The minimum Gasteiger partial charge on any atom is -0.301 e. The third kappa shape index (κ3) is 3.69. The highest BCUT2D eigenvalue weighted by Gasteiger charge is 2.28. The quantitative estimate of drug-likeness (QED) is 0.903. The zero-order valence-corrected chi connectivity index (χ0v) is 13.4. The largest absolute Gasteiger partial charge is 0.301 e. The van der Waals surface area contributed by atoms with Crippen molar-refractivity contribution in [2.75, 3.05) is 18.4 Å². The molecular formula is C14H20N6OS. The fourth-order valence-corrected chi connectivity index (χ4v) is 3.38.